The Bertz CT molecular complexity index is 878. The van der Waals surface area contributed by atoms with Crippen LogP contribution in [0.25, 0.3) is 0 Å². The predicted molar refractivity (Wildman–Crippen MR) is 126 cm³/mol. The van der Waals surface area contributed by atoms with Crippen molar-refractivity contribution in [3.63, 3.8) is 0 Å². The monoisotopic (exact) mass is 444 g/mol. The number of hydrogen-bond acceptors (Lipinski definition) is 3. The molecule has 1 unspecified atom stereocenters. The van der Waals surface area contributed by atoms with Gasteiger partial charge in [-0.15, -0.1) is 11.8 Å². The molecule has 0 aliphatic heterocycles. The molecule has 168 valence electrons. The summed E-state index contributed by atoms with van der Waals surface area (Å²) >= 11 is 1.36. The maximum absolute atomic E-state index is 13.9. The van der Waals surface area contributed by atoms with E-state index in [0.29, 0.717) is 24.3 Å². The molecule has 0 aliphatic rings. The molecular formula is C25H33FN2O2S. The fraction of sp³-hybridized carbons (Fsp3) is 0.440. The van der Waals surface area contributed by atoms with Gasteiger partial charge in [0.05, 0.1) is 5.75 Å². The van der Waals surface area contributed by atoms with Gasteiger partial charge in [0.15, 0.2) is 0 Å². The first-order chi connectivity index (χ1) is 14.6. The van der Waals surface area contributed by atoms with Gasteiger partial charge in [0.25, 0.3) is 0 Å². The van der Waals surface area contributed by atoms with Crippen LogP contribution in [0.15, 0.2) is 48.5 Å². The van der Waals surface area contributed by atoms with Crippen LogP contribution >= 0.6 is 11.8 Å². The van der Waals surface area contributed by atoms with Gasteiger partial charge in [-0.3, -0.25) is 9.59 Å². The summed E-state index contributed by atoms with van der Waals surface area (Å²) in [6.07, 6.45) is 0.511. The topological polar surface area (TPSA) is 49.4 Å². The molecule has 2 rings (SSSR count). The average Bonchev–Trinajstić information content (AvgIpc) is 2.69. The van der Waals surface area contributed by atoms with E-state index in [-0.39, 0.29) is 28.9 Å². The second-order valence-electron chi connectivity index (χ2n) is 8.75. The van der Waals surface area contributed by atoms with Gasteiger partial charge in [-0.25, -0.2) is 4.39 Å². The van der Waals surface area contributed by atoms with Crippen molar-refractivity contribution in [1.82, 2.24) is 10.2 Å². The molecule has 0 fully saturated rings. The minimum absolute atomic E-state index is 0.127. The lowest BCUT2D eigenvalue weighted by molar-refractivity contribution is -0.140. The van der Waals surface area contributed by atoms with Crippen LogP contribution in [0, 0.1) is 12.7 Å². The number of carbonyl (C=O) groups excluding carboxylic acids is 2. The third-order valence-corrected chi connectivity index (χ3v) is 5.76. The highest BCUT2D eigenvalue weighted by Crippen LogP contribution is 2.19. The van der Waals surface area contributed by atoms with Crippen molar-refractivity contribution < 1.29 is 14.0 Å². The first-order valence-corrected chi connectivity index (χ1v) is 11.7. The van der Waals surface area contributed by atoms with E-state index in [2.05, 4.69) is 5.32 Å². The highest BCUT2D eigenvalue weighted by Gasteiger charge is 2.30. The van der Waals surface area contributed by atoms with Crippen molar-refractivity contribution >= 4 is 23.6 Å². The number of halogens is 1. The predicted octanol–water partition coefficient (Wildman–Crippen LogP) is 5.09. The van der Waals surface area contributed by atoms with E-state index < -0.39 is 6.04 Å². The van der Waals surface area contributed by atoms with Gasteiger partial charge in [0.1, 0.15) is 11.9 Å². The minimum atomic E-state index is -0.568. The molecule has 2 aromatic carbocycles. The number of aryl methyl sites for hydroxylation is 1. The SMILES string of the molecule is CCC(C(=O)NC(C)(C)C)N(Cc1ccc(C)cc1)C(=O)CSCc1ccccc1F. The van der Waals surface area contributed by atoms with Gasteiger partial charge in [0, 0.05) is 17.8 Å². The molecule has 0 aliphatic carbocycles. The van der Waals surface area contributed by atoms with Crippen LogP contribution in [0.4, 0.5) is 4.39 Å². The van der Waals surface area contributed by atoms with Gasteiger partial charge < -0.3 is 10.2 Å². The largest absolute Gasteiger partial charge is 0.350 e. The number of nitrogens with one attached hydrogen (secondary N) is 1. The van der Waals surface area contributed by atoms with E-state index in [1.54, 1.807) is 23.1 Å². The summed E-state index contributed by atoms with van der Waals surface area (Å²) in [5.74, 6) is 0.0312. The van der Waals surface area contributed by atoms with Crippen LogP contribution in [-0.2, 0) is 21.9 Å². The lowest BCUT2D eigenvalue weighted by Gasteiger charge is -2.33. The van der Waals surface area contributed by atoms with Crippen LogP contribution in [-0.4, -0.2) is 34.0 Å². The highest BCUT2D eigenvalue weighted by atomic mass is 32.2. The van der Waals surface area contributed by atoms with Crippen molar-refractivity contribution in [3.05, 3.63) is 71.0 Å². The van der Waals surface area contributed by atoms with Gasteiger partial charge in [-0.2, -0.15) is 0 Å². The summed E-state index contributed by atoms with van der Waals surface area (Å²) in [4.78, 5) is 27.8. The van der Waals surface area contributed by atoms with Crippen molar-refractivity contribution in [2.24, 2.45) is 0 Å². The van der Waals surface area contributed by atoms with Gasteiger partial charge in [-0.1, -0.05) is 55.0 Å². The maximum Gasteiger partial charge on any atom is 0.243 e. The number of thioether (sulfide) groups is 1. The highest BCUT2D eigenvalue weighted by molar-refractivity contribution is 7.99. The Morgan fingerprint density at radius 1 is 1.10 bits per heavy atom. The lowest BCUT2D eigenvalue weighted by atomic mass is 10.1. The van der Waals surface area contributed by atoms with Crippen LogP contribution in [0.5, 0.6) is 0 Å². The second-order valence-corrected chi connectivity index (χ2v) is 9.74. The number of benzene rings is 2. The zero-order valence-corrected chi connectivity index (χ0v) is 19.9. The molecule has 0 radical (unpaired) electrons. The molecule has 1 N–H and O–H groups in total. The van der Waals surface area contributed by atoms with E-state index in [9.17, 15) is 14.0 Å². The molecule has 1 atom stereocenters. The Balaban J connectivity index is 2.16. The molecule has 6 heteroatoms. The van der Waals surface area contributed by atoms with Crippen molar-refractivity contribution in [3.8, 4) is 0 Å². The number of hydrogen-bond donors (Lipinski definition) is 1. The maximum atomic E-state index is 13.9. The standard InChI is InChI=1S/C25H33FN2O2S/c1-6-22(24(30)27-25(3,4)5)28(15-19-13-11-18(2)12-14-19)23(29)17-31-16-20-9-7-8-10-21(20)26/h7-14,22H,6,15-17H2,1-5H3,(H,27,30). The normalized spacial score (nSPS) is 12.3. The fourth-order valence-electron chi connectivity index (χ4n) is 3.21. The van der Waals surface area contributed by atoms with E-state index >= 15 is 0 Å². The summed E-state index contributed by atoms with van der Waals surface area (Å²) < 4.78 is 13.9. The van der Waals surface area contributed by atoms with Crippen LogP contribution in [0.2, 0.25) is 0 Å². The van der Waals surface area contributed by atoms with Crippen molar-refractivity contribution in [2.75, 3.05) is 5.75 Å². The van der Waals surface area contributed by atoms with Gasteiger partial charge >= 0.3 is 0 Å². The molecule has 0 spiro atoms. The molecule has 0 saturated heterocycles. The first-order valence-electron chi connectivity index (χ1n) is 10.6. The smallest absolute Gasteiger partial charge is 0.243 e. The Kier molecular flexibility index (Phi) is 9.11. The van der Waals surface area contributed by atoms with Crippen molar-refractivity contribution in [2.45, 2.75) is 64.9 Å². The number of nitrogens with zero attached hydrogens (tertiary/aromatic N) is 1. The summed E-state index contributed by atoms with van der Waals surface area (Å²) in [7, 11) is 0. The number of rotatable bonds is 9. The Labute approximate surface area is 189 Å². The lowest BCUT2D eigenvalue weighted by Crippen LogP contribution is -2.53. The minimum Gasteiger partial charge on any atom is -0.350 e. The summed E-state index contributed by atoms with van der Waals surface area (Å²) in [6.45, 7) is 10.1. The van der Waals surface area contributed by atoms with Crippen molar-refractivity contribution in [1.29, 1.82) is 0 Å². The van der Waals surface area contributed by atoms with E-state index in [0.717, 1.165) is 11.1 Å². The van der Waals surface area contributed by atoms with Gasteiger partial charge in [0.2, 0.25) is 11.8 Å². The second kappa shape index (κ2) is 11.3. The Morgan fingerprint density at radius 3 is 2.32 bits per heavy atom. The molecule has 2 amide bonds. The zero-order valence-electron chi connectivity index (χ0n) is 19.1. The number of carbonyl (C=O) groups is 2. The zero-order chi connectivity index (χ0) is 23.0. The van der Waals surface area contributed by atoms with Crippen LogP contribution < -0.4 is 5.32 Å². The molecular weight excluding hydrogens is 411 g/mol. The quantitative estimate of drug-likeness (QED) is 0.586. The molecule has 4 nitrogen and oxygen atoms in total. The molecule has 0 aromatic heterocycles. The molecule has 2 aromatic rings. The average molecular weight is 445 g/mol. The molecule has 31 heavy (non-hydrogen) atoms. The molecule has 0 saturated carbocycles. The number of amides is 2. The Morgan fingerprint density at radius 2 is 1.74 bits per heavy atom. The molecule has 0 bridgehead atoms. The molecule has 0 heterocycles. The summed E-state index contributed by atoms with van der Waals surface area (Å²) in [5.41, 5.74) is 2.30. The summed E-state index contributed by atoms with van der Waals surface area (Å²) in [6, 6.07) is 14.0. The van der Waals surface area contributed by atoms with E-state index in [4.69, 9.17) is 0 Å². The fourth-order valence-corrected chi connectivity index (χ4v) is 4.11. The Hall–Kier alpha value is -2.34. The third kappa shape index (κ3) is 8.02. The van der Waals surface area contributed by atoms with Crippen LogP contribution in [0.3, 0.4) is 0 Å². The summed E-state index contributed by atoms with van der Waals surface area (Å²) in [5, 5.41) is 3.00. The van der Waals surface area contributed by atoms with E-state index in [1.807, 2.05) is 58.9 Å². The van der Waals surface area contributed by atoms with Crippen LogP contribution in [0.1, 0.15) is 50.8 Å². The first kappa shape index (κ1) is 24.9. The van der Waals surface area contributed by atoms with Gasteiger partial charge in [-0.05, 0) is 51.3 Å². The van der Waals surface area contributed by atoms with E-state index in [1.165, 1.54) is 17.8 Å². The third-order valence-electron chi connectivity index (χ3n) is 4.80.